The summed E-state index contributed by atoms with van der Waals surface area (Å²) in [5.74, 6) is -0.557. The number of thiophene rings is 1. The fourth-order valence-corrected chi connectivity index (χ4v) is 4.57. The van der Waals surface area contributed by atoms with Gasteiger partial charge in [-0.05, 0) is 48.6 Å². The van der Waals surface area contributed by atoms with Crippen LogP contribution < -0.4 is 0 Å². The van der Waals surface area contributed by atoms with E-state index >= 15 is 0 Å². The predicted molar refractivity (Wildman–Crippen MR) is 90.2 cm³/mol. The summed E-state index contributed by atoms with van der Waals surface area (Å²) >= 11 is 1.52. The summed E-state index contributed by atoms with van der Waals surface area (Å²) in [7, 11) is -0.888. The highest BCUT2D eigenvalue weighted by molar-refractivity contribution is 7.89. The van der Waals surface area contributed by atoms with Crippen LogP contribution in [-0.2, 0) is 21.3 Å². The standard InChI is InChI=1S/C16H19NO4S2/c1-11-7-8-22-14(11)10-17(3)23(19,20)15-9-13(16(18)21-4)6-5-12(15)2/h5-9H,10H2,1-4H3. The third-order valence-electron chi connectivity index (χ3n) is 3.63. The van der Waals surface area contributed by atoms with Crippen LogP contribution in [-0.4, -0.2) is 32.8 Å². The summed E-state index contributed by atoms with van der Waals surface area (Å²) in [5, 5.41) is 1.94. The maximum atomic E-state index is 12.8. The molecule has 0 aliphatic rings. The van der Waals surface area contributed by atoms with Crippen LogP contribution in [0.3, 0.4) is 0 Å². The number of carbonyl (C=O) groups is 1. The maximum Gasteiger partial charge on any atom is 0.337 e. The summed E-state index contributed by atoms with van der Waals surface area (Å²) < 4.78 is 31.6. The smallest absolute Gasteiger partial charge is 0.337 e. The first-order chi connectivity index (χ1) is 10.8. The van der Waals surface area contributed by atoms with Gasteiger partial charge in [0.25, 0.3) is 0 Å². The van der Waals surface area contributed by atoms with Gasteiger partial charge in [-0.2, -0.15) is 4.31 Å². The molecule has 1 heterocycles. The molecule has 1 aromatic heterocycles. The molecular formula is C16H19NO4S2. The monoisotopic (exact) mass is 353 g/mol. The molecule has 0 saturated carbocycles. The molecule has 5 nitrogen and oxygen atoms in total. The molecule has 124 valence electrons. The molecule has 0 saturated heterocycles. The summed E-state index contributed by atoms with van der Waals surface area (Å²) in [6.45, 7) is 3.96. The van der Waals surface area contributed by atoms with Crippen LogP contribution in [0.5, 0.6) is 0 Å². The lowest BCUT2D eigenvalue weighted by Crippen LogP contribution is -2.27. The van der Waals surface area contributed by atoms with E-state index in [-0.39, 0.29) is 10.5 Å². The predicted octanol–water partition coefficient (Wildman–Crippen LogP) is 2.97. The van der Waals surface area contributed by atoms with E-state index in [1.807, 2.05) is 18.4 Å². The molecule has 23 heavy (non-hydrogen) atoms. The van der Waals surface area contributed by atoms with Crippen LogP contribution >= 0.6 is 11.3 Å². The lowest BCUT2D eigenvalue weighted by atomic mass is 10.1. The van der Waals surface area contributed by atoms with E-state index in [2.05, 4.69) is 4.74 Å². The van der Waals surface area contributed by atoms with Gasteiger partial charge in [-0.1, -0.05) is 6.07 Å². The highest BCUT2D eigenvalue weighted by atomic mass is 32.2. The van der Waals surface area contributed by atoms with Gasteiger partial charge < -0.3 is 4.74 Å². The van der Waals surface area contributed by atoms with E-state index in [1.165, 1.54) is 28.8 Å². The largest absolute Gasteiger partial charge is 0.465 e. The van der Waals surface area contributed by atoms with Crippen molar-refractivity contribution < 1.29 is 17.9 Å². The second-order valence-corrected chi connectivity index (χ2v) is 8.27. The molecule has 0 atom stereocenters. The van der Waals surface area contributed by atoms with Crippen LogP contribution in [0.15, 0.2) is 34.5 Å². The molecule has 1 aromatic carbocycles. The molecule has 2 rings (SSSR count). The van der Waals surface area contributed by atoms with Gasteiger partial charge in [0.15, 0.2) is 0 Å². The minimum absolute atomic E-state index is 0.122. The second kappa shape index (κ2) is 6.82. The average molecular weight is 353 g/mol. The van der Waals surface area contributed by atoms with Gasteiger partial charge >= 0.3 is 5.97 Å². The Morgan fingerprint density at radius 3 is 2.48 bits per heavy atom. The normalized spacial score (nSPS) is 11.7. The first kappa shape index (κ1) is 17.7. The Kier molecular flexibility index (Phi) is 5.23. The second-order valence-electron chi connectivity index (χ2n) is 5.26. The number of esters is 1. The van der Waals surface area contributed by atoms with Crippen molar-refractivity contribution in [3.63, 3.8) is 0 Å². The first-order valence-corrected chi connectivity index (χ1v) is 9.27. The van der Waals surface area contributed by atoms with Crippen molar-refractivity contribution in [2.24, 2.45) is 0 Å². The Bertz CT molecular complexity index is 824. The van der Waals surface area contributed by atoms with E-state index in [0.717, 1.165) is 10.4 Å². The average Bonchev–Trinajstić information content (AvgIpc) is 2.91. The van der Waals surface area contributed by atoms with E-state index in [9.17, 15) is 13.2 Å². The Hall–Kier alpha value is -1.70. The maximum absolute atomic E-state index is 12.8. The number of benzene rings is 1. The number of ether oxygens (including phenoxy) is 1. The van der Waals surface area contributed by atoms with E-state index in [0.29, 0.717) is 12.1 Å². The van der Waals surface area contributed by atoms with Crippen LogP contribution in [0.25, 0.3) is 0 Å². The fourth-order valence-electron chi connectivity index (χ4n) is 2.14. The number of hydrogen-bond acceptors (Lipinski definition) is 5. The molecule has 0 bridgehead atoms. The van der Waals surface area contributed by atoms with Gasteiger partial charge in [0.1, 0.15) is 0 Å². The quantitative estimate of drug-likeness (QED) is 0.775. The molecule has 0 amide bonds. The van der Waals surface area contributed by atoms with Gasteiger partial charge in [-0.15, -0.1) is 11.3 Å². The minimum atomic E-state index is -3.69. The third kappa shape index (κ3) is 3.63. The number of hydrogen-bond donors (Lipinski definition) is 0. The number of methoxy groups -OCH3 is 1. The lowest BCUT2D eigenvalue weighted by Gasteiger charge is -2.19. The Morgan fingerprint density at radius 1 is 1.22 bits per heavy atom. The molecule has 0 radical (unpaired) electrons. The van der Waals surface area contributed by atoms with Gasteiger partial charge in [0.05, 0.1) is 17.6 Å². The molecule has 0 spiro atoms. The third-order valence-corrected chi connectivity index (χ3v) is 6.59. The Labute approximate surface area is 140 Å². The topological polar surface area (TPSA) is 63.7 Å². The minimum Gasteiger partial charge on any atom is -0.465 e. The van der Waals surface area contributed by atoms with Crippen molar-refractivity contribution in [3.05, 3.63) is 51.2 Å². The van der Waals surface area contributed by atoms with Crippen molar-refractivity contribution >= 4 is 27.3 Å². The number of nitrogens with zero attached hydrogens (tertiary/aromatic N) is 1. The zero-order valence-electron chi connectivity index (χ0n) is 13.5. The van der Waals surface area contributed by atoms with E-state index < -0.39 is 16.0 Å². The highest BCUT2D eigenvalue weighted by Crippen LogP contribution is 2.24. The van der Waals surface area contributed by atoms with Gasteiger partial charge in [-0.25, -0.2) is 13.2 Å². The molecule has 0 N–H and O–H groups in total. The number of carbonyl (C=O) groups excluding carboxylic acids is 1. The summed E-state index contributed by atoms with van der Waals surface area (Å²) in [4.78, 5) is 12.8. The lowest BCUT2D eigenvalue weighted by molar-refractivity contribution is 0.0600. The fraction of sp³-hybridized carbons (Fsp3) is 0.312. The summed E-state index contributed by atoms with van der Waals surface area (Å²) in [6, 6.07) is 6.50. The molecule has 0 fully saturated rings. The van der Waals surface area contributed by atoms with Gasteiger partial charge in [0, 0.05) is 18.5 Å². The van der Waals surface area contributed by atoms with Crippen molar-refractivity contribution in [1.82, 2.24) is 4.31 Å². The van der Waals surface area contributed by atoms with E-state index in [4.69, 9.17) is 0 Å². The van der Waals surface area contributed by atoms with Crippen LogP contribution in [0.2, 0.25) is 0 Å². The summed E-state index contributed by atoms with van der Waals surface area (Å²) in [6.07, 6.45) is 0. The Balaban J connectivity index is 2.38. The van der Waals surface area contributed by atoms with Crippen LogP contribution in [0.1, 0.15) is 26.4 Å². The first-order valence-electron chi connectivity index (χ1n) is 6.95. The van der Waals surface area contributed by atoms with Crippen molar-refractivity contribution in [2.45, 2.75) is 25.3 Å². The summed E-state index contributed by atoms with van der Waals surface area (Å²) in [5.41, 5.74) is 1.88. The molecule has 0 aliphatic heterocycles. The number of aryl methyl sites for hydroxylation is 2. The molecule has 2 aromatic rings. The highest BCUT2D eigenvalue weighted by Gasteiger charge is 2.25. The van der Waals surface area contributed by atoms with E-state index in [1.54, 1.807) is 26.1 Å². The molecular weight excluding hydrogens is 334 g/mol. The number of sulfonamides is 1. The zero-order chi connectivity index (χ0) is 17.2. The van der Waals surface area contributed by atoms with Crippen LogP contribution in [0, 0.1) is 13.8 Å². The Morgan fingerprint density at radius 2 is 1.91 bits per heavy atom. The molecule has 7 heteroatoms. The number of rotatable bonds is 5. The van der Waals surface area contributed by atoms with Crippen LogP contribution in [0.4, 0.5) is 0 Å². The van der Waals surface area contributed by atoms with Crippen molar-refractivity contribution in [1.29, 1.82) is 0 Å². The van der Waals surface area contributed by atoms with Gasteiger partial charge in [-0.3, -0.25) is 0 Å². The SMILES string of the molecule is COC(=O)c1ccc(C)c(S(=O)(=O)N(C)Cc2sccc2C)c1. The molecule has 0 aliphatic carbocycles. The molecule has 0 unspecified atom stereocenters. The van der Waals surface area contributed by atoms with Crippen molar-refractivity contribution in [3.8, 4) is 0 Å². The zero-order valence-corrected chi connectivity index (χ0v) is 15.1. The van der Waals surface area contributed by atoms with Crippen molar-refractivity contribution in [2.75, 3.05) is 14.2 Å². The van der Waals surface area contributed by atoms with Gasteiger partial charge in [0.2, 0.25) is 10.0 Å².